The minimum Gasteiger partial charge on any atom is -0.458 e. The molecule has 11 heteroatoms. The van der Waals surface area contributed by atoms with Crippen LogP contribution in [0.3, 0.4) is 0 Å². The van der Waals surface area contributed by atoms with Crippen LogP contribution in [0.5, 0.6) is 0 Å². The number of nitrogens with one attached hydrogen (secondary N) is 1. The van der Waals surface area contributed by atoms with Gasteiger partial charge in [0.15, 0.2) is 17.7 Å². The van der Waals surface area contributed by atoms with Gasteiger partial charge in [0.2, 0.25) is 0 Å². The normalized spacial score (nSPS) is 44.5. The number of carbonyl (C=O) groups excluding carboxylic acids is 2. The van der Waals surface area contributed by atoms with Crippen LogP contribution in [0.1, 0.15) is 66.7 Å². The topological polar surface area (TPSA) is 131 Å². The zero-order valence-electron chi connectivity index (χ0n) is 27.9. The highest BCUT2D eigenvalue weighted by atomic mass is 16.7. The lowest BCUT2D eigenvalue weighted by atomic mass is 9.79. The van der Waals surface area contributed by atoms with Crippen molar-refractivity contribution in [2.24, 2.45) is 17.8 Å². The molecule has 4 aliphatic heterocycles. The van der Waals surface area contributed by atoms with Crippen LogP contribution in [0.2, 0.25) is 0 Å². The number of rotatable bonds is 6. The average molecular weight is 644 g/mol. The second-order valence-corrected chi connectivity index (χ2v) is 13.6. The number of hydrogen-bond donors (Lipinski definition) is 2. The quantitative estimate of drug-likeness (QED) is 0.190. The molecule has 5 aliphatic rings. The fourth-order valence-electron chi connectivity index (χ4n) is 7.18. The summed E-state index contributed by atoms with van der Waals surface area (Å²) in [6.07, 6.45) is 6.88. The monoisotopic (exact) mass is 643 g/mol. The Morgan fingerprint density at radius 2 is 1.87 bits per heavy atom. The number of carbonyl (C=O) groups is 2. The molecule has 0 radical (unpaired) electrons. The predicted octanol–water partition coefficient (Wildman–Crippen LogP) is 3.94. The molecule has 0 aromatic rings. The van der Waals surface area contributed by atoms with Gasteiger partial charge in [0.05, 0.1) is 30.8 Å². The van der Waals surface area contributed by atoms with E-state index in [1.54, 1.807) is 20.1 Å². The average Bonchev–Trinajstić information content (AvgIpc) is 3.75. The minimum atomic E-state index is -1.88. The van der Waals surface area contributed by atoms with E-state index in [1.807, 2.05) is 52.0 Å². The van der Waals surface area contributed by atoms with Gasteiger partial charge in [-0.15, -0.1) is 0 Å². The van der Waals surface area contributed by atoms with E-state index >= 15 is 0 Å². The van der Waals surface area contributed by atoms with Crippen LogP contribution in [0, 0.1) is 29.6 Å². The number of cyclic esters (lactones) is 1. The number of ether oxygens (including phenoxy) is 7. The van der Waals surface area contributed by atoms with Crippen molar-refractivity contribution >= 4 is 12.1 Å². The fourth-order valence-corrected chi connectivity index (χ4v) is 7.18. The summed E-state index contributed by atoms with van der Waals surface area (Å²) in [6.45, 7) is 9.60. The second kappa shape index (κ2) is 14.2. The summed E-state index contributed by atoms with van der Waals surface area (Å²) in [7, 11) is 3.15. The lowest BCUT2D eigenvalue weighted by molar-refractivity contribution is -0.348. The van der Waals surface area contributed by atoms with Gasteiger partial charge in [0.1, 0.15) is 18.2 Å². The first-order valence-electron chi connectivity index (χ1n) is 16.3. The largest absolute Gasteiger partial charge is 0.458 e. The highest BCUT2D eigenvalue weighted by molar-refractivity contribution is 5.72. The van der Waals surface area contributed by atoms with E-state index in [0.717, 1.165) is 5.57 Å². The molecule has 0 aromatic carbocycles. The molecule has 12 atom stereocenters. The molecule has 0 spiro atoms. The van der Waals surface area contributed by atoms with Gasteiger partial charge in [0.25, 0.3) is 0 Å². The van der Waals surface area contributed by atoms with E-state index < -0.39 is 72.7 Å². The summed E-state index contributed by atoms with van der Waals surface area (Å²) >= 11 is 0. The zero-order chi connectivity index (χ0) is 33.2. The Balaban J connectivity index is 1.38. The SMILES string of the molecule is CO[C@@H]1/C=C(\C)C[C@H](/C=C/C=C/C#CC2CC2)OC(=O)C[C@]2(O)C[C@H](O[C@@H]3O[C@@H](C)[C@H]4NC(=O)O[C@@]4(C)[C@H]3OC)[C@@H](C)[C@@H](O2)[C@@H]1C. The standard InChI is InChI=1S/C35H49NO10/c1-20-16-25(13-11-9-8-10-12-24-14-15-24)43-28(37)19-35(39)18-27(22(3)29(45-35)21(2)26(17-20)40-6)44-32-31(41-7)34(5)30(23(4)42-32)36-33(38)46-34/h8-9,11,13,17,21-27,29-32,39H,14-16,18-19H2,1-7H3,(H,36,38)/b9-8+,13-11+,20-17+/t21-,22-,23+,25+,26-,27+,29+,30-,31+,32+,34-,35+/m1/s1. The van der Waals surface area contributed by atoms with Crippen LogP contribution in [-0.4, -0.2) is 91.7 Å². The van der Waals surface area contributed by atoms with Crippen molar-refractivity contribution in [2.75, 3.05) is 14.2 Å². The third-order valence-electron chi connectivity index (χ3n) is 9.84. The first-order valence-corrected chi connectivity index (χ1v) is 16.3. The fraction of sp³-hybridized carbons (Fsp3) is 0.714. The van der Waals surface area contributed by atoms with Gasteiger partial charge in [-0.2, -0.15) is 0 Å². The van der Waals surface area contributed by atoms with Gasteiger partial charge in [-0.25, -0.2) is 4.79 Å². The smallest absolute Gasteiger partial charge is 0.408 e. The molecule has 1 amide bonds. The molecule has 2 bridgehead atoms. The van der Waals surface area contributed by atoms with Crippen LogP contribution in [0.15, 0.2) is 36.0 Å². The number of esters is 1. The Morgan fingerprint density at radius 1 is 1.11 bits per heavy atom. The van der Waals surface area contributed by atoms with Gasteiger partial charge >= 0.3 is 12.1 Å². The van der Waals surface area contributed by atoms with Crippen LogP contribution in [0.25, 0.3) is 0 Å². The Morgan fingerprint density at radius 3 is 2.57 bits per heavy atom. The van der Waals surface area contributed by atoms with Crippen molar-refractivity contribution in [1.29, 1.82) is 0 Å². The third kappa shape index (κ3) is 7.70. The first-order chi connectivity index (χ1) is 21.9. The van der Waals surface area contributed by atoms with Crippen molar-refractivity contribution < 1.29 is 47.9 Å². The number of allylic oxidation sites excluding steroid dienone is 3. The molecule has 11 nitrogen and oxygen atoms in total. The minimum absolute atomic E-state index is 0.0231. The second-order valence-electron chi connectivity index (χ2n) is 13.6. The summed E-state index contributed by atoms with van der Waals surface area (Å²) in [6, 6.07) is -0.437. The number of aliphatic hydroxyl groups is 1. The molecule has 254 valence electrons. The molecule has 1 saturated carbocycles. The van der Waals surface area contributed by atoms with Crippen LogP contribution >= 0.6 is 0 Å². The van der Waals surface area contributed by atoms with Gasteiger partial charge < -0.3 is 43.6 Å². The number of fused-ring (bicyclic) bond motifs is 3. The Labute approximate surface area is 272 Å². The lowest BCUT2D eigenvalue weighted by Crippen LogP contribution is -2.67. The first kappa shape index (κ1) is 34.6. The van der Waals surface area contributed by atoms with Crippen LogP contribution in [0.4, 0.5) is 4.79 Å². The molecule has 4 heterocycles. The maximum atomic E-state index is 13.3. The van der Waals surface area contributed by atoms with Gasteiger partial charge in [-0.1, -0.05) is 49.5 Å². The Kier molecular flexibility index (Phi) is 10.7. The number of alkyl carbamates (subject to hydrolysis) is 1. The summed E-state index contributed by atoms with van der Waals surface area (Å²) in [5.41, 5.74) is -0.0574. The molecular formula is C35H49NO10. The third-order valence-corrected chi connectivity index (χ3v) is 9.84. The molecule has 4 fully saturated rings. The molecule has 1 aliphatic carbocycles. The molecule has 0 unspecified atom stereocenters. The molecule has 3 saturated heterocycles. The molecule has 2 N–H and O–H groups in total. The van der Waals surface area contributed by atoms with Crippen LogP contribution < -0.4 is 5.32 Å². The van der Waals surface area contributed by atoms with Crippen molar-refractivity contribution in [3.05, 3.63) is 36.0 Å². The highest BCUT2D eigenvalue weighted by Gasteiger charge is 2.61. The van der Waals surface area contributed by atoms with Crippen molar-refractivity contribution in [3.63, 3.8) is 0 Å². The summed E-state index contributed by atoms with van der Waals surface area (Å²) < 4.78 is 42.5. The number of methoxy groups -OCH3 is 2. The molecule has 0 aromatic heterocycles. The Bertz CT molecular complexity index is 1280. The highest BCUT2D eigenvalue weighted by Crippen LogP contribution is 2.44. The van der Waals surface area contributed by atoms with Crippen molar-refractivity contribution in [3.8, 4) is 11.8 Å². The zero-order valence-corrected chi connectivity index (χ0v) is 27.9. The van der Waals surface area contributed by atoms with E-state index in [-0.39, 0.29) is 24.4 Å². The number of amides is 1. The van der Waals surface area contributed by atoms with Crippen molar-refractivity contribution in [1.82, 2.24) is 5.32 Å². The molecule has 5 rings (SSSR count). The summed E-state index contributed by atoms with van der Waals surface area (Å²) in [5, 5.41) is 14.7. The summed E-state index contributed by atoms with van der Waals surface area (Å²) in [4.78, 5) is 25.6. The van der Waals surface area contributed by atoms with Gasteiger partial charge in [-0.3, -0.25) is 4.79 Å². The Hall–Kier alpha value is -2.72. The molecular weight excluding hydrogens is 594 g/mol. The van der Waals surface area contributed by atoms with Gasteiger partial charge in [-0.05, 0) is 45.8 Å². The number of hydrogen-bond acceptors (Lipinski definition) is 10. The predicted molar refractivity (Wildman–Crippen MR) is 167 cm³/mol. The maximum Gasteiger partial charge on any atom is 0.408 e. The van der Waals surface area contributed by atoms with E-state index in [1.165, 1.54) is 20.0 Å². The maximum absolute atomic E-state index is 13.3. The lowest BCUT2D eigenvalue weighted by Gasteiger charge is -2.51. The van der Waals surface area contributed by atoms with E-state index in [0.29, 0.717) is 12.3 Å². The van der Waals surface area contributed by atoms with E-state index in [2.05, 4.69) is 17.2 Å². The van der Waals surface area contributed by atoms with Crippen molar-refractivity contribution in [2.45, 2.75) is 127 Å². The van der Waals surface area contributed by atoms with E-state index in [4.69, 9.17) is 33.2 Å². The van der Waals surface area contributed by atoms with E-state index in [9.17, 15) is 14.7 Å². The summed E-state index contributed by atoms with van der Waals surface area (Å²) in [5.74, 6) is 3.79. The molecule has 46 heavy (non-hydrogen) atoms. The van der Waals surface area contributed by atoms with Gasteiger partial charge in [0, 0.05) is 44.8 Å². The van der Waals surface area contributed by atoms with Crippen LogP contribution in [-0.2, 0) is 38.0 Å².